The van der Waals surface area contributed by atoms with Crippen LogP contribution in [-0.2, 0) is 19.1 Å². The quantitative estimate of drug-likeness (QED) is 0.578. The van der Waals surface area contributed by atoms with E-state index in [1.165, 1.54) is 25.0 Å². The van der Waals surface area contributed by atoms with Crippen LogP contribution in [0.15, 0.2) is 10.8 Å². The third-order valence-electron chi connectivity index (χ3n) is 3.94. The summed E-state index contributed by atoms with van der Waals surface area (Å²) in [4.78, 5) is 23.3. The first-order valence-electron chi connectivity index (χ1n) is 7.18. The molecule has 4 nitrogen and oxygen atoms in total. The molecule has 0 aromatic heterocycles. The van der Waals surface area contributed by atoms with Gasteiger partial charge in [-0.2, -0.15) is 0 Å². The first-order valence-corrected chi connectivity index (χ1v) is 10.7. The number of allylic oxidation sites excluding steroid dienone is 1. The maximum atomic E-state index is 11.9. The van der Waals surface area contributed by atoms with Gasteiger partial charge in [0.2, 0.25) is 0 Å². The monoisotopic (exact) mass is 298 g/mol. The second kappa shape index (κ2) is 7.06. The van der Waals surface area contributed by atoms with Gasteiger partial charge in [-0.1, -0.05) is 30.4 Å². The molecule has 20 heavy (non-hydrogen) atoms. The molecular formula is C15H26O4Si. The van der Waals surface area contributed by atoms with E-state index in [1.807, 2.05) is 0 Å². The Morgan fingerprint density at radius 2 is 1.80 bits per heavy atom. The molecule has 5 heteroatoms. The van der Waals surface area contributed by atoms with E-state index in [-0.39, 0.29) is 17.9 Å². The van der Waals surface area contributed by atoms with Crippen LogP contribution in [0.5, 0.6) is 0 Å². The van der Waals surface area contributed by atoms with E-state index in [1.54, 1.807) is 0 Å². The van der Waals surface area contributed by atoms with Crippen molar-refractivity contribution in [3.8, 4) is 0 Å². The van der Waals surface area contributed by atoms with Gasteiger partial charge < -0.3 is 9.47 Å². The molecule has 1 rings (SSSR count). The smallest absolute Gasteiger partial charge is 0.312 e. The number of rotatable bonds is 5. The third kappa shape index (κ3) is 4.20. The van der Waals surface area contributed by atoms with Crippen molar-refractivity contribution >= 4 is 20.0 Å². The summed E-state index contributed by atoms with van der Waals surface area (Å²) >= 11 is 0. The Balaban J connectivity index is 3.04. The van der Waals surface area contributed by atoms with Crippen molar-refractivity contribution in [3.05, 3.63) is 10.8 Å². The predicted octanol–water partition coefficient (Wildman–Crippen LogP) is 3.09. The lowest BCUT2D eigenvalue weighted by atomic mass is 10.0. The lowest BCUT2D eigenvalue weighted by Crippen LogP contribution is -2.28. The van der Waals surface area contributed by atoms with Crippen molar-refractivity contribution in [2.75, 3.05) is 14.2 Å². The van der Waals surface area contributed by atoms with Gasteiger partial charge in [0.15, 0.2) is 0 Å². The topological polar surface area (TPSA) is 52.6 Å². The van der Waals surface area contributed by atoms with Gasteiger partial charge in [-0.05, 0) is 25.7 Å². The number of hydrogen-bond donors (Lipinski definition) is 0. The molecule has 1 aliphatic carbocycles. The predicted molar refractivity (Wildman–Crippen MR) is 81.0 cm³/mol. The second-order valence-electron chi connectivity index (χ2n) is 6.30. The van der Waals surface area contributed by atoms with Gasteiger partial charge in [0.25, 0.3) is 0 Å². The van der Waals surface area contributed by atoms with Gasteiger partial charge in [-0.3, -0.25) is 9.59 Å². The molecule has 1 unspecified atom stereocenters. The average molecular weight is 298 g/mol. The summed E-state index contributed by atoms with van der Waals surface area (Å²) in [6.07, 6.45) is 3.97. The Kier molecular flexibility index (Phi) is 5.99. The molecule has 0 aromatic carbocycles. The molecule has 1 fully saturated rings. The van der Waals surface area contributed by atoms with Crippen molar-refractivity contribution in [1.82, 2.24) is 0 Å². The minimum absolute atomic E-state index is 0.0978. The number of esters is 2. The summed E-state index contributed by atoms with van der Waals surface area (Å²) in [5.41, 5.74) is 1.24. The first kappa shape index (κ1) is 16.9. The summed E-state index contributed by atoms with van der Waals surface area (Å²) in [6, 6.07) is 0. The van der Waals surface area contributed by atoms with Crippen LogP contribution in [0.2, 0.25) is 19.6 Å². The summed E-state index contributed by atoms with van der Waals surface area (Å²) in [5.74, 6) is -0.417. The van der Waals surface area contributed by atoms with Crippen molar-refractivity contribution in [1.29, 1.82) is 0 Å². The van der Waals surface area contributed by atoms with Crippen LogP contribution < -0.4 is 0 Å². The molecule has 1 aliphatic rings. The van der Waals surface area contributed by atoms with Crippen LogP contribution in [0.3, 0.4) is 0 Å². The van der Waals surface area contributed by atoms with E-state index in [9.17, 15) is 9.59 Å². The lowest BCUT2D eigenvalue weighted by molar-refractivity contribution is -0.144. The molecule has 0 saturated heterocycles. The molecule has 0 N–H and O–H groups in total. The zero-order valence-corrected chi connectivity index (χ0v) is 14.2. The lowest BCUT2D eigenvalue weighted by Gasteiger charge is -2.26. The van der Waals surface area contributed by atoms with Gasteiger partial charge in [-0.15, -0.1) is 0 Å². The van der Waals surface area contributed by atoms with Crippen LogP contribution in [0.25, 0.3) is 0 Å². The Hall–Kier alpha value is -1.10. The molecule has 0 amide bonds. The van der Waals surface area contributed by atoms with E-state index in [0.717, 1.165) is 19.3 Å². The zero-order valence-electron chi connectivity index (χ0n) is 13.2. The van der Waals surface area contributed by atoms with Gasteiger partial charge >= 0.3 is 11.9 Å². The summed E-state index contributed by atoms with van der Waals surface area (Å²) in [7, 11) is 1.29. The van der Waals surface area contributed by atoms with Crippen molar-refractivity contribution < 1.29 is 19.1 Å². The molecule has 0 heterocycles. The highest BCUT2D eigenvalue weighted by atomic mass is 28.3. The number of ether oxygens (including phenoxy) is 2. The highest BCUT2D eigenvalue weighted by Crippen LogP contribution is 2.38. The Bertz CT molecular complexity index is 407. The van der Waals surface area contributed by atoms with Crippen LogP contribution in [-0.4, -0.2) is 34.2 Å². The fourth-order valence-corrected chi connectivity index (χ4v) is 5.09. The van der Waals surface area contributed by atoms with Crippen LogP contribution >= 0.6 is 0 Å². The van der Waals surface area contributed by atoms with E-state index >= 15 is 0 Å². The van der Waals surface area contributed by atoms with Gasteiger partial charge in [-0.25, -0.2) is 0 Å². The number of hydrogen-bond acceptors (Lipinski definition) is 4. The Morgan fingerprint density at radius 1 is 1.15 bits per heavy atom. The van der Waals surface area contributed by atoms with Gasteiger partial charge in [0, 0.05) is 6.42 Å². The fraction of sp³-hybridized carbons (Fsp3) is 0.733. The maximum absolute atomic E-state index is 11.9. The summed E-state index contributed by atoms with van der Waals surface area (Å²) in [5, 5.41) is 1.34. The van der Waals surface area contributed by atoms with Crippen LogP contribution in [0.1, 0.15) is 32.1 Å². The van der Waals surface area contributed by atoms with Crippen molar-refractivity contribution in [3.63, 3.8) is 0 Å². The largest absolute Gasteiger partial charge is 0.469 e. The minimum Gasteiger partial charge on any atom is -0.469 e. The fourth-order valence-electron chi connectivity index (χ4n) is 2.96. The Morgan fingerprint density at radius 3 is 2.30 bits per heavy atom. The van der Waals surface area contributed by atoms with Crippen LogP contribution in [0.4, 0.5) is 0 Å². The molecule has 0 aromatic rings. The Labute approximate surface area is 122 Å². The van der Waals surface area contributed by atoms with E-state index in [0.29, 0.717) is 12.8 Å². The number of carbonyl (C=O) groups is 2. The second-order valence-corrected chi connectivity index (χ2v) is 11.4. The normalized spacial score (nSPS) is 21.6. The molecule has 0 spiro atoms. The highest BCUT2D eigenvalue weighted by molar-refractivity contribution is 6.83. The minimum atomic E-state index is -1.57. The third-order valence-corrected chi connectivity index (χ3v) is 6.33. The molecule has 0 bridgehead atoms. The average Bonchev–Trinajstić information content (AvgIpc) is 2.85. The molecule has 1 saturated carbocycles. The van der Waals surface area contributed by atoms with Crippen molar-refractivity contribution in [2.24, 2.45) is 5.92 Å². The molecule has 0 radical (unpaired) electrons. The van der Waals surface area contributed by atoms with E-state index in [4.69, 9.17) is 9.47 Å². The molecule has 114 valence electrons. The van der Waals surface area contributed by atoms with E-state index < -0.39 is 8.07 Å². The van der Waals surface area contributed by atoms with Crippen molar-refractivity contribution in [2.45, 2.75) is 51.7 Å². The zero-order chi connectivity index (χ0) is 15.3. The molecule has 1 atom stereocenters. The van der Waals surface area contributed by atoms with Crippen LogP contribution in [0, 0.1) is 5.92 Å². The molecular weight excluding hydrogens is 272 g/mol. The maximum Gasteiger partial charge on any atom is 0.312 e. The highest BCUT2D eigenvalue weighted by Gasteiger charge is 2.34. The number of methoxy groups -OCH3 is 2. The van der Waals surface area contributed by atoms with E-state index in [2.05, 4.69) is 19.6 Å². The summed E-state index contributed by atoms with van der Waals surface area (Å²) in [6.45, 7) is 6.79. The SMILES string of the molecule is COC(=O)CC/C(=C1\CCCC1C(=O)OC)[Si](C)(C)C. The molecule has 0 aliphatic heterocycles. The standard InChI is InChI=1S/C15H26O4Si/c1-18-14(16)10-9-13(20(3,4)5)11-7-6-8-12(11)15(17)19-2/h12H,6-10H2,1-5H3/b13-11-. The number of carbonyl (C=O) groups excluding carboxylic acids is 2. The van der Waals surface area contributed by atoms with Gasteiger partial charge in [0.05, 0.1) is 28.2 Å². The first-order chi connectivity index (χ1) is 9.31. The summed E-state index contributed by atoms with van der Waals surface area (Å²) < 4.78 is 9.66. The van der Waals surface area contributed by atoms with Gasteiger partial charge in [0.1, 0.15) is 0 Å².